The van der Waals surface area contributed by atoms with Gasteiger partial charge in [0, 0.05) is 16.2 Å². The Hall–Kier alpha value is -8.00. The van der Waals surface area contributed by atoms with Gasteiger partial charge in [-0.15, -0.1) is 0 Å². The van der Waals surface area contributed by atoms with Crippen LogP contribution >= 0.6 is 0 Å². The first-order valence-corrected chi connectivity index (χ1v) is 21.2. The summed E-state index contributed by atoms with van der Waals surface area (Å²) >= 11 is 0. The molecule has 13 aromatic rings. The van der Waals surface area contributed by atoms with Crippen molar-refractivity contribution in [1.29, 1.82) is 0 Å². The minimum absolute atomic E-state index is 1.18. The van der Waals surface area contributed by atoms with Crippen LogP contribution in [0.15, 0.2) is 224 Å². The Labute approximate surface area is 353 Å². The van der Waals surface area contributed by atoms with E-state index in [2.05, 4.69) is 229 Å². The van der Waals surface area contributed by atoms with Gasteiger partial charge in [0.1, 0.15) is 0 Å². The summed E-state index contributed by atoms with van der Waals surface area (Å²) in [7, 11) is 0. The zero-order chi connectivity index (χ0) is 40.0. The van der Waals surface area contributed by atoms with Gasteiger partial charge in [0.2, 0.25) is 0 Å². The molecule has 0 saturated carbocycles. The predicted octanol–water partition coefficient (Wildman–Crippen LogP) is 16.7. The smallest absolute Gasteiger partial charge is 0.0548 e. The van der Waals surface area contributed by atoms with Crippen LogP contribution in [0, 0.1) is 0 Å². The van der Waals surface area contributed by atoms with Gasteiger partial charge in [-0.3, -0.25) is 0 Å². The standard InChI is InChI=1S/C60H37N/c1-2-18-41(19-3-1)57-49-26-12-13-27-50(49)58(52-32-29-42(37-53(52)57)44-28-14-20-38-15-4-7-21-43(38)44)51-33-36-54(48-25-11-10-24-47(48)51)61-55-34-30-39-16-5-8-22-45(39)59(55)60-46-23-9-6-17-40(46)31-35-56(60)61/h1-37H. The third kappa shape index (κ3) is 5.02. The summed E-state index contributed by atoms with van der Waals surface area (Å²) in [6.45, 7) is 0. The van der Waals surface area contributed by atoms with Crippen LogP contribution in [0.3, 0.4) is 0 Å². The Morgan fingerprint density at radius 3 is 1.43 bits per heavy atom. The van der Waals surface area contributed by atoms with E-state index in [9.17, 15) is 0 Å². The number of aromatic nitrogens is 1. The van der Waals surface area contributed by atoms with Crippen LogP contribution in [0.4, 0.5) is 0 Å². The van der Waals surface area contributed by atoms with E-state index in [4.69, 9.17) is 0 Å². The fourth-order valence-corrected chi connectivity index (χ4v) is 10.5. The minimum atomic E-state index is 1.18. The molecule has 12 aromatic carbocycles. The molecule has 1 nitrogen and oxygen atoms in total. The Bertz CT molecular complexity index is 3830. The van der Waals surface area contributed by atoms with Crippen molar-refractivity contribution in [2.45, 2.75) is 0 Å². The second-order valence-corrected chi connectivity index (χ2v) is 16.3. The molecule has 0 spiro atoms. The molecule has 0 bridgehead atoms. The third-order valence-electron chi connectivity index (χ3n) is 13.1. The predicted molar refractivity (Wildman–Crippen MR) is 262 cm³/mol. The monoisotopic (exact) mass is 771 g/mol. The van der Waals surface area contributed by atoms with E-state index in [1.807, 2.05) is 0 Å². The molecule has 0 radical (unpaired) electrons. The van der Waals surface area contributed by atoms with Gasteiger partial charge >= 0.3 is 0 Å². The van der Waals surface area contributed by atoms with Crippen molar-refractivity contribution >= 4 is 86.4 Å². The molecule has 0 aliphatic heterocycles. The van der Waals surface area contributed by atoms with Gasteiger partial charge in [0.05, 0.1) is 16.7 Å². The van der Waals surface area contributed by atoms with Crippen molar-refractivity contribution in [2.75, 3.05) is 0 Å². The van der Waals surface area contributed by atoms with E-state index in [1.165, 1.54) is 126 Å². The second-order valence-electron chi connectivity index (χ2n) is 16.3. The quantitative estimate of drug-likeness (QED) is 0.157. The summed E-state index contributed by atoms with van der Waals surface area (Å²) < 4.78 is 2.51. The van der Waals surface area contributed by atoms with Gasteiger partial charge in [0.15, 0.2) is 0 Å². The van der Waals surface area contributed by atoms with Crippen molar-refractivity contribution < 1.29 is 0 Å². The molecule has 282 valence electrons. The molecule has 0 aliphatic rings. The van der Waals surface area contributed by atoms with E-state index in [0.29, 0.717) is 0 Å². The SMILES string of the molecule is c1ccc(-c2c3ccccc3c(-c3ccc(-n4c5ccc6ccccc6c5c5c6ccccc6ccc54)c4ccccc34)c3ccc(-c4cccc5ccccc45)cc23)cc1. The van der Waals surface area contributed by atoms with Crippen LogP contribution < -0.4 is 0 Å². The van der Waals surface area contributed by atoms with E-state index in [-0.39, 0.29) is 0 Å². The van der Waals surface area contributed by atoms with Crippen molar-refractivity contribution in [3.05, 3.63) is 224 Å². The van der Waals surface area contributed by atoms with Crippen molar-refractivity contribution in [2.24, 2.45) is 0 Å². The fraction of sp³-hybridized carbons (Fsp3) is 0. The van der Waals surface area contributed by atoms with E-state index in [0.717, 1.165) is 0 Å². The summed E-state index contributed by atoms with van der Waals surface area (Å²) in [4.78, 5) is 0. The van der Waals surface area contributed by atoms with Gasteiger partial charge < -0.3 is 4.57 Å². The van der Waals surface area contributed by atoms with E-state index in [1.54, 1.807) is 0 Å². The molecule has 13 rings (SSSR count). The van der Waals surface area contributed by atoms with Gasteiger partial charge in [-0.2, -0.15) is 0 Å². The minimum Gasteiger partial charge on any atom is -0.309 e. The van der Waals surface area contributed by atoms with Crippen LogP contribution in [-0.4, -0.2) is 4.57 Å². The van der Waals surface area contributed by atoms with Crippen molar-refractivity contribution in [1.82, 2.24) is 4.57 Å². The highest BCUT2D eigenvalue weighted by molar-refractivity contribution is 6.29. The maximum absolute atomic E-state index is 2.51. The number of benzene rings is 12. The first-order valence-electron chi connectivity index (χ1n) is 21.2. The first kappa shape index (κ1) is 33.9. The number of fused-ring (bicyclic) bond motifs is 11. The highest BCUT2D eigenvalue weighted by Crippen LogP contribution is 2.48. The number of nitrogens with zero attached hydrogens (tertiary/aromatic N) is 1. The van der Waals surface area contributed by atoms with E-state index >= 15 is 0 Å². The summed E-state index contributed by atoms with van der Waals surface area (Å²) in [5, 5.41) is 17.6. The van der Waals surface area contributed by atoms with Crippen LogP contribution in [0.1, 0.15) is 0 Å². The van der Waals surface area contributed by atoms with Gasteiger partial charge in [-0.25, -0.2) is 0 Å². The molecular formula is C60H37N. The first-order chi connectivity index (χ1) is 30.3. The van der Waals surface area contributed by atoms with Crippen LogP contribution in [0.5, 0.6) is 0 Å². The van der Waals surface area contributed by atoms with Gasteiger partial charge in [0.25, 0.3) is 0 Å². The molecule has 61 heavy (non-hydrogen) atoms. The number of hydrogen-bond donors (Lipinski definition) is 0. The lowest BCUT2D eigenvalue weighted by molar-refractivity contribution is 1.20. The Balaban J connectivity index is 1.13. The van der Waals surface area contributed by atoms with Crippen molar-refractivity contribution in [3.63, 3.8) is 0 Å². The zero-order valence-electron chi connectivity index (χ0n) is 33.3. The molecular weight excluding hydrogens is 735 g/mol. The second kappa shape index (κ2) is 13.3. The molecule has 0 aliphatic carbocycles. The third-order valence-corrected chi connectivity index (χ3v) is 13.1. The maximum atomic E-state index is 2.51. The largest absolute Gasteiger partial charge is 0.309 e. The van der Waals surface area contributed by atoms with Crippen LogP contribution in [0.2, 0.25) is 0 Å². The normalized spacial score (nSPS) is 11.9. The highest BCUT2D eigenvalue weighted by atomic mass is 15.0. The van der Waals surface area contributed by atoms with Crippen LogP contribution in [-0.2, 0) is 0 Å². The molecule has 0 fully saturated rings. The van der Waals surface area contributed by atoms with Gasteiger partial charge in [-0.05, 0) is 117 Å². The Morgan fingerprint density at radius 2 is 0.754 bits per heavy atom. The molecule has 0 atom stereocenters. The Kier molecular flexibility index (Phi) is 7.37. The molecule has 0 saturated heterocycles. The molecule has 0 amide bonds. The van der Waals surface area contributed by atoms with E-state index < -0.39 is 0 Å². The lowest BCUT2D eigenvalue weighted by Gasteiger charge is -2.21. The maximum Gasteiger partial charge on any atom is 0.0548 e. The topological polar surface area (TPSA) is 4.93 Å². The molecule has 1 aromatic heterocycles. The highest BCUT2D eigenvalue weighted by Gasteiger charge is 2.22. The summed E-state index contributed by atoms with van der Waals surface area (Å²) in [5.74, 6) is 0. The van der Waals surface area contributed by atoms with Crippen molar-refractivity contribution in [3.8, 4) is 39.1 Å². The number of rotatable bonds is 4. The lowest BCUT2D eigenvalue weighted by Crippen LogP contribution is -1.97. The summed E-state index contributed by atoms with van der Waals surface area (Å²) in [6, 6.07) is 83.2. The molecule has 1 heteroatoms. The van der Waals surface area contributed by atoms with Gasteiger partial charge in [-0.1, -0.05) is 200 Å². The molecule has 0 unspecified atom stereocenters. The average Bonchev–Trinajstić information content (AvgIpc) is 3.68. The average molecular weight is 772 g/mol. The summed E-state index contributed by atoms with van der Waals surface area (Å²) in [5.41, 5.74) is 11.0. The molecule has 1 heterocycles. The summed E-state index contributed by atoms with van der Waals surface area (Å²) in [6.07, 6.45) is 0. The lowest BCUT2D eigenvalue weighted by atomic mass is 9.83. The molecule has 0 N–H and O–H groups in total. The zero-order valence-corrected chi connectivity index (χ0v) is 33.3. The number of hydrogen-bond acceptors (Lipinski definition) is 0. The Morgan fingerprint density at radius 1 is 0.246 bits per heavy atom. The fourth-order valence-electron chi connectivity index (χ4n) is 10.5. The van der Waals surface area contributed by atoms with Crippen LogP contribution in [0.25, 0.3) is 126 Å².